The highest BCUT2D eigenvalue weighted by Crippen LogP contribution is 2.43. The summed E-state index contributed by atoms with van der Waals surface area (Å²) < 4.78 is 10.0. The first-order valence-corrected chi connectivity index (χ1v) is 4.87. The van der Waals surface area contributed by atoms with Crippen molar-refractivity contribution < 1.29 is 14.6 Å². The van der Waals surface area contributed by atoms with Gasteiger partial charge in [-0.15, -0.1) is 0 Å². The fourth-order valence-electron chi connectivity index (χ4n) is 1.67. The van der Waals surface area contributed by atoms with E-state index in [4.69, 9.17) is 9.47 Å². The Labute approximate surface area is 88.1 Å². The summed E-state index contributed by atoms with van der Waals surface area (Å²) in [6.45, 7) is 0. The normalized spacial score (nSPS) is 18.1. The average Bonchev–Trinajstić information content (AvgIpc) is 2.25. The lowest BCUT2D eigenvalue weighted by molar-refractivity contribution is -0.0450. The second-order valence-corrected chi connectivity index (χ2v) is 3.66. The summed E-state index contributed by atoms with van der Waals surface area (Å²) in [4.78, 5) is 8.24. The summed E-state index contributed by atoms with van der Waals surface area (Å²) in [6.07, 6.45) is 3.93. The van der Waals surface area contributed by atoms with Crippen molar-refractivity contribution in [2.45, 2.75) is 24.9 Å². The summed E-state index contributed by atoms with van der Waals surface area (Å²) >= 11 is 0. The van der Waals surface area contributed by atoms with Crippen LogP contribution in [0.3, 0.4) is 0 Å². The van der Waals surface area contributed by atoms with E-state index < -0.39 is 5.60 Å². The Kier molecular flexibility index (Phi) is 2.48. The first-order chi connectivity index (χ1) is 7.19. The monoisotopic (exact) mass is 210 g/mol. The zero-order valence-electron chi connectivity index (χ0n) is 8.86. The summed E-state index contributed by atoms with van der Waals surface area (Å²) in [5.41, 5.74) is -0.345. The van der Waals surface area contributed by atoms with Gasteiger partial charge in [-0.25, -0.2) is 4.98 Å². The number of hydrogen-bond acceptors (Lipinski definition) is 5. The van der Waals surface area contributed by atoms with Gasteiger partial charge in [0.15, 0.2) is 0 Å². The number of rotatable bonds is 3. The summed E-state index contributed by atoms with van der Waals surface area (Å²) in [5, 5.41) is 10.1. The second-order valence-electron chi connectivity index (χ2n) is 3.66. The third-order valence-corrected chi connectivity index (χ3v) is 2.74. The quantitative estimate of drug-likeness (QED) is 0.801. The molecule has 1 aliphatic carbocycles. The van der Waals surface area contributed by atoms with Gasteiger partial charge in [-0.1, -0.05) is 0 Å². The lowest BCUT2D eigenvalue weighted by atomic mass is 9.78. The van der Waals surface area contributed by atoms with Crippen molar-refractivity contribution in [3.05, 3.63) is 11.9 Å². The molecule has 2 rings (SSSR count). The van der Waals surface area contributed by atoms with Gasteiger partial charge in [0.25, 0.3) is 0 Å². The molecule has 5 nitrogen and oxygen atoms in total. The highest BCUT2D eigenvalue weighted by atomic mass is 16.5. The number of ether oxygens (including phenoxy) is 2. The molecule has 5 heteroatoms. The topological polar surface area (TPSA) is 64.5 Å². The molecule has 0 saturated heterocycles. The van der Waals surface area contributed by atoms with Crippen LogP contribution in [0.15, 0.2) is 6.20 Å². The SMILES string of the molecule is COc1cnc(C2(O)CCC2)c(OC)n1. The van der Waals surface area contributed by atoms with E-state index in [1.165, 1.54) is 20.4 Å². The van der Waals surface area contributed by atoms with Crippen LogP contribution in [-0.4, -0.2) is 29.3 Å². The smallest absolute Gasteiger partial charge is 0.241 e. The zero-order chi connectivity index (χ0) is 10.9. The van der Waals surface area contributed by atoms with Gasteiger partial charge in [-0.05, 0) is 19.3 Å². The summed E-state index contributed by atoms with van der Waals surface area (Å²) in [5.74, 6) is 0.732. The van der Waals surface area contributed by atoms with Crippen molar-refractivity contribution in [2.24, 2.45) is 0 Å². The molecule has 0 bridgehead atoms. The maximum Gasteiger partial charge on any atom is 0.241 e. The third-order valence-electron chi connectivity index (χ3n) is 2.74. The van der Waals surface area contributed by atoms with Gasteiger partial charge in [0.2, 0.25) is 11.8 Å². The highest BCUT2D eigenvalue weighted by molar-refractivity contribution is 5.29. The van der Waals surface area contributed by atoms with E-state index in [0.29, 0.717) is 30.3 Å². The molecule has 82 valence electrons. The first-order valence-electron chi connectivity index (χ1n) is 4.87. The predicted octanol–water partition coefficient (Wildman–Crippen LogP) is 0.865. The lowest BCUT2D eigenvalue weighted by Crippen LogP contribution is -2.35. The van der Waals surface area contributed by atoms with E-state index in [1.807, 2.05) is 0 Å². The number of nitrogens with zero attached hydrogens (tertiary/aromatic N) is 2. The molecule has 0 aliphatic heterocycles. The van der Waals surface area contributed by atoms with Crippen molar-refractivity contribution in [3.63, 3.8) is 0 Å². The van der Waals surface area contributed by atoms with Crippen molar-refractivity contribution in [2.75, 3.05) is 14.2 Å². The van der Waals surface area contributed by atoms with Crippen molar-refractivity contribution in [1.29, 1.82) is 0 Å². The van der Waals surface area contributed by atoms with Gasteiger partial charge < -0.3 is 14.6 Å². The molecule has 1 aromatic rings. The molecule has 1 N–H and O–H groups in total. The lowest BCUT2D eigenvalue weighted by Gasteiger charge is -2.36. The number of hydrogen-bond donors (Lipinski definition) is 1. The van der Waals surface area contributed by atoms with E-state index in [2.05, 4.69) is 9.97 Å². The Morgan fingerprint density at radius 3 is 2.53 bits per heavy atom. The molecule has 0 radical (unpaired) electrons. The molecular weight excluding hydrogens is 196 g/mol. The van der Waals surface area contributed by atoms with Crippen LogP contribution in [0.4, 0.5) is 0 Å². The molecule has 15 heavy (non-hydrogen) atoms. The molecule has 0 amide bonds. The molecule has 0 unspecified atom stereocenters. The minimum atomic E-state index is -0.857. The van der Waals surface area contributed by atoms with Gasteiger partial charge in [0.05, 0.1) is 20.4 Å². The van der Waals surface area contributed by atoms with Gasteiger partial charge in [0, 0.05) is 0 Å². The number of methoxy groups -OCH3 is 2. The molecule has 1 heterocycles. The van der Waals surface area contributed by atoms with E-state index in [9.17, 15) is 5.11 Å². The molecule has 1 aliphatic rings. The fraction of sp³-hybridized carbons (Fsp3) is 0.600. The van der Waals surface area contributed by atoms with Crippen LogP contribution in [0.25, 0.3) is 0 Å². The number of aromatic nitrogens is 2. The minimum absolute atomic E-state index is 0.344. The Hall–Kier alpha value is -1.36. The molecule has 0 atom stereocenters. The summed E-state index contributed by atoms with van der Waals surface area (Å²) in [6, 6.07) is 0. The third kappa shape index (κ3) is 1.63. The highest BCUT2D eigenvalue weighted by Gasteiger charge is 2.40. The standard InChI is InChI=1S/C10H14N2O3/c1-14-7-6-11-8(9(12-7)15-2)10(13)4-3-5-10/h6,13H,3-5H2,1-2H3. The second kappa shape index (κ2) is 3.66. The zero-order valence-corrected chi connectivity index (χ0v) is 8.86. The molecule has 0 aromatic carbocycles. The van der Waals surface area contributed by atoms with Crippen molar-refractivity contribution >= 4 is 0 Å². The van der Waals surface area contributed by atoms with Crippen molar-refractivity contribution in [1.82, 2.24) is 9.97 Å². The Morgan fingerprint density at radius 1 is 1.33 bits per heavy atom. The number of aliphatic hydroxyl groups is 1. The van der Waals surface area contributed by atoms with Crippen LogP contribution in [0.1, 0.15) is 25.0 Å². The maximum atomic E-state index is 10.1. The predicted molar refractivity (Wildman–Crippen MR) is 52.9 cm³/mol. The van der Waals surface area contributed by atoms with Gasteiger partial charge >= 0.3 is 0 Å². The molecule has 0 spiro atoms. The van der Waals surface area contributed by atoms with Gasteiger partial charge in [0.1, 0.15) is 11.3 Å². The van der Waals surface area contributed by atoms with E-state index in [-0.39, 0.29) is 0 Å². The van der Waals surface area contributed by atoms with Gasteiger partial charge in [-0.2, -0.15) is 4.98 Å². The average molecular weight is 210 g/mol. The van der Waals surface area contributed by atoms with E-state index >= 15 is 0 Å². The maximum absolute atomic E-state index is 10.1. The Balaban J connectivity index is 2.38. The first kappa shape index (κ1) is 10.2. The summed E-state index contributed by atoms with van der Waals surface area (Å²) in [7, 11) is 3.02. The van der Waals surface area contributed by atoms with Crippen molar-refractivity contribution in [3.8, 4) is 11.8 Å². The van der Waals surface area contributed by atoms with Crippen LogP contribution in [0, 0.1) is 0 Å². The Morgan fingerprint density at radius 2 is 2.07 bits per heavy atom. The molecule has 1 fully saturated rings. The molecular formula is C10H14N2O3. The van der Waals surface area contributed by atoms with E-state index in [1.54, 1.807) is 0 Å². The van der Waals surface area contributed by atoms with Crippen LogP contribution >= 0.6 is 0 Å². The molecule has 1 saturated carbocycles. The molecule has 1 aromatic heterocycles. The van der Waals surface area contributed by atoms with Crippen LogP contribution in [0.2, 0.25) is 0 Å². The van der Waals surface area contributed by atoms with Crippen LogP contribution < -0.4 is 9.47 Å². The minimum Gasteiger partial charge on any atom is -0.480 e. The largest absolute Gasteiger partial charge is 0.480 e. The van der Waals surface area contributed by atoms with Crippen LogP contribution in [0.5, 0.6) is 11.8 Å². The van der Waals surface area contributed by atoms with Crippen LogP contribution in [-0.2, 0) is 5.60 Å². The van der Waals surface area contributed by atoms with Gasteiger partial charge in [-0.3, -0.25) is 0 Å². The Bertz CT molecular complexity index is 364. The van der Waals surface area contributed by atoms with E-state index in [0.717, 1.165) is 6.42 Å². The fourth-order valence-corrected chi connectivity index (χ4v) is 1.67.